The smallest absolute Gasteiger partial charge is 0.180 e. The molecule has 0 saturated heterocycles. The van der Waals surface area contributed by atoms with Crippen LogP contribution in [0.4, 0.5) is 4.39 Å². The van der Waals surface area contributed by atoms with Crippen LogP contribution in [0.15, 0.2) is 16.6 Å². The van der Waals surface area contributed by atoms with Gasteiger partial charge in [-0.3, -0.25) is 4.79 Å². The normalized spacial score (nSPS) is 10.1. The maximum Gasteiger partial charge on any atom is 0.180 e. The Hall–Kier alpha value is -0.610. The number of benzene rings is 1. The molecule has 0 fully saturated rings. The Labute approximate surface area is 87.5 Å². The average Bonchev–Trinajstić information content (AvgIpc) is 2.13. The Bertz CT molecular complexity index is 354. The number of carbonyl (C=O) groups excluding carboxylic acids is 1. The van der Waals surface area contributed by atoms with E-state index in [0.717, 1.165) is 0 Å². The van der Waals surface area contributed by atoms with Crippen molar-refractivity contribution in [1.82, 2.24) is 0 Å². The van der Waals surface area contributed by atoms with Crippen molar-refractivity contribution in [2.24, 2.45) is 0 Å². The molecule has 0 unspecified atom stereocenters. The van der Waals surface area contributed by atoms with Crippen LogP contribution in [-0.2, 0) is 0 Å². The molecule has 5 heteroatoms. The molecule has 0 spiro atoms. The predicted molar refractivity (Wildman–Crippen MR) is 50.8 cm³/mol. The van der Waals surface area contributed by atoms with Gasteiger partial charge in [-0.1, -0.05) is 0 Å². The van der Waals surface area contributed by atoms with E-state index in [4.69, 9.17) is 16.7 Å². The highest BCUT2D eigenvalue weighted by molar-refractivity contribution is 9.10. The fourth-order valence-electron chi connectivity index (χ4n) is 0.828. The quantitative estimate of drug-likeness (QED) is 0.661. The first-order chi connectivity index (χ1) is 6.07. The molecule has 1 rings (SSSR count). The third kappa shape index (κ3) is 2.00. The molecule has 0 radical (unpaired) electrons. The summed E-state index contributed by atoms with van der Waals surface area (Å²) in [5.74, 6) is -2.38. The van der Waals surface area contributed by atoms with Crippen molar-refractivity contribution in [3.8, 4) is 5.75 Å². The zero-order chi connectivity index (χ0) is 10.0. The summed E-state index contributed by atoms with van der Waals surface area (Å²) in [6, 6.07) is 2.65. The number of ketones is 1. The van der Waals surface area contributed by atoms with Gasteiger partial charge in [-0.25, -0.2) is 4.39 Å². The summed E-state index contributed by atoms with van der Waals surface area (Å²) in [4.78, 5) is 11.0. The van der Waals surface area contributed by atoms with Crippen molar-refractivity contribution >= 4 is 33.3 Å². The summed E-state index contributed by atoms with van der Waals surface area (Å²) in [7, 11) is 0. The topological polar surface area (TPSA) is 37.3 Å². The van der Waals surface area contributed by atoms with E-state index in [9.17, 15) is 9.18 Å². The largest absolute Gasteiger partial charge is 0.504 e. The van der Waals surface area contributed by atoms with Crippen molar-refractivity contribution < 1.29 is 14.3 Å². The van der Waals surface area contributed by atoms with Gasteiger partial charge in [0.05, 0.1) is 15.9 Å². The summed E-state index contributed by atoms with van der Waals surface area (Å²) in [6.45, 7) is 0. The lowest BCUT2D eigenvalue weighted by Crippen LogP contribution is -2.03. The van der Waals surface area contributed by atoms with E-state index in [1.165, 1.54) is 12.1 Å². The molecular weight excluding hydrogens is 262 g/mol. The van der Waals surface area contributed by atoms with E-state index in [1.54, 1.807) is 0 Å². The molecule has 13 heavy (non-hydrogen) atoms. The zero-order valence-corrected chi connectivity index (χ0v) is 8.69. The molecule has 1 aromatic carbocycles. The fourth-order valence-corrected chi connectivity index (χ4v) is 1.28. The van der Waals surface area contributed by atoms with Crippen molar-refractivity contribution in [1.29, 1.82) is 0 Å². The maximum absolute atomic E-state index is 13.1. The van der Waals surface area contributed by atoms with Gasteiger partial charge < -0.3 is 5.11 Å². The van der Waals surface area contributed by atoms with Crippen LogP contribution in [0.5, 0.6) is 5.75 Å². The first kappa shape index (κ1) is 10.5. The minimum absolute atomic E-state index is 0.198. The van der Waals surface area contributed by atoms with E-state index in [-0.39, 0.29) is 15.9 Å². The van der Waals surface area contributed by atoms with Crippen LogP contribution in [0.25, 0.3) is 0 Å². The van der Waals surface area contributed by atoms with Gasteiger partial charge in [0, 0.05) is 0 Å². The van der Waals surface area contributed by atoms with E-state index < -0.39 is 17.3 Å². The fraction of sp³-hybridized carbons (Fsp3) is 0.125. The molecule has 0 aliphatic rings. The second-order valence-corrected chi connectivity index (χ2v) is 3.44. The lowest BCUT2D eigenvalue weighted by atomic mass is 10.1. The number of carbonyl (C=O) groups is 1. The lowest BCUT2D eigenvalue weighted by molar-refractivity contribution is 0.101. The van der Waals surface area contributed by atoms with Crippen LogP contribution in [-0.4, -0.2) is 16.8 Å². The Morgan fingerprint density at radius 2 is 2.23 bits per heavy atom. The van der Waals surface area contributed by atoms with Gasteiger partial charge in [-0.2, -0.15) is 0 Å². The molecule has 0 saturated carbocycles. The number of phenolic OH excluding ortho intramolecular Hbond substituents is 1. The van der Waals surface area contributed by atoms with E-state index in [0.29, 0.717) is 0 Å². The number of rotatable bonds is 2. The predicted octanol–water partition coefficient (Wildman–Crippen LogP) is 2.72. The lowest BCUT2D eigenvalue weighted by Gasteiger charge is -2.02. The highest BCUT2D eigenvalue weighted by Crippen LogP contribution is 2.29. The summed E-state index contributed by atoms with van der Waals surface area (Å²) < 4.78 is 13.3. The Morgan fingerprint density at radius 1 is 1.62 bits per heavy atom. The van der Waals surface area contributed by atoms with Crippen molar-refractivity contribution in [3.05, 3.63) is 28.0 Å². The number of phenols is 1. The zero-order valence-electron chi connectivity index (χ0n) is 6.35. The molecule has 0 aliphatic heterocycles. The highest BCUT2D eigenvalue weighted by atomic mass is 79.9. The summed E-state index contributed by atoms with van der Waals surface area (Å²) >= 11 is 8.16. The monoisotopic (exact) mass is 266 g/mol. The second-order valence-electron chi connectivity index (χ2n) is 2.31. The van der Waals surface area contributed by atoms with Gasteiger partial charge in [0.2, 0.25) is 0 Å². The SMILES string of the molecule is O=C(CCl)c1ccc(Br)c(O)c1F. The second kappa shape index (κ2) is 4.07. The molecule has 0 amide bonds. The molecule has 0 atom stereocenters. The van der Waals surface area contributed by atoms with E-state index in [1.807, 2.05) is 0 Å². The first-order valence-corrected chi connectivity index (χ1v) is 4.66. The Kier molecular flexibility index (Phi) is 3.27. The number of hydrogen-bond acceptors (Lipinski definition) is 2. The molecule has 0 aromatic heterocycles. The minimum Gasteiger partial charge on any atom is -0.504 e. The van der Waals surface area contributed by atoms with Crippen LogP contribution in [0.3, 0.4) is 0 Å². The average molecular weight is 267 g/mol. The first-order valence-electron chi connectivity index (χ1n) is 3.34. The Balaban J connectivity index is 3.26. The number of hydrogen-bond donors (Lipinski definition) is 1. The van der Waals surface area contributed by atoms with Crippen LogP contribution in [0.1, 0.15) is 10.4 Å². The summed E-state index contributed by atoms with van der Waals surface area (Å²) in [5.41, 5.74) is -0.198. The minimum atomic E-state index is -0.944. The van der Waals surface area contributed by atoms with Gasteiger partial charge >= 0.3 is 0 Å². The van der Waals surface area contributed by atoms with Crippen LogP contribution in [0, 0.1) is 5.82 Å². The van der Waals surface area contributed by atoms with E-state index in [2.05, 4.69) is 15.9 Å². The number of aromatic hydroxyl groups is 1. The van der Waals surface area contributed by atoms with Crippen molar-refractivity contribution in [3.63, 3.8) is 0 Å². The molecule has 1 N–H and O–H groups in total. The third-order valence-electron chi connectivity index (χ3n) is 1.49. The van der Waals surface area contributed by atoms with Crippen LogP contribution < -0.4 is 0 Å². The number of halogens is 3. The van der Waals surface area contributed by atoms with Gasteiger partial charge in [0.25, 0.3) is 0 Å². The molecule has 2 nitrogen and oxygen atoms in total. The third-order valence-corrected chi connectivity index (χ3v) is 2.37. The summed E-state index contributed by atoms with van der Waals surface area (Å²) in [5, 5.41) is 9.11. The van der Waals surface area contributed by atoms with Crippen molar-refractivity contribution in [2.45, 2.75) is 0 Å². The molecule has 0 aliphatic carbocycles. The van der Waals surface area contributed by atoms with Gasteiger partial charge in [0.1, 0.15) is 0 Å². The summed E-state index contributed by atoms with van der Waals surface area (Å²) in [6.07, 6.45) is 0. The molecular formula is C8H5BrClFO2. The van der Waals surface area contributed by atoms with Gasteiger partial charge in [-0.05, 0) is 28.1 Å². The molecule has 1 aromatic rings. The van der Waals surface area contributed by atoms with Gasteiger partial charge in [0.15, 0.2) is 17.3 Å². The number of alkyl halides is 1. The van der Waals surface area contributed by atoms with Crippen LogP contribution in [0.2, 0.25) is 0 Å². The Morgan fingerprint density at radius 3 is 2.77 bits per heavy atom. The van der Waals surface area contributed by atoms with Crippen LogP contribution >= 0.6 is 27.5 Å². The molecule has 0 heterocycles. The number of Topliss-reactive ketones (excluding diaryl/α,β-unsaturated/α-hetero) is 1. The van der Waals surface area contributed by atoms with Crippen molar-refractivity contribution in [2.75, 3.05) is 5.88 Å². The molecule has 70 valence electrons. The standard InChI is InChI=1S/C8H5BrClFO2/c9-5-2-1-4(6(12)3-10)7(11)8(5)13/h1-2,13H,3H2. The highest BCUT2D eigenvalue weighted by Gasteiger charge is 2.15. The maximum atomic E-state index is 13.1. The molecule has 0 bridgehead atoms. The van der Waals surface area contributed by atoms with Gasteiger partial charge in [-0.15, -0.1) is 11.6 Å². The van der Waals surface area contributed by atoms with E-state index >= 15 is 0 Å².